The van der Waals surface area contributed by atoms with Gasteiger partial charge >= 0.3 is 6.09 Å². The number of carbonyl (C=O) groups is 2. The summed E-state index contributed by atoms with van der Waals surface area (Å²) in [5.74, 6) is 0.268. The Labute approximate surface area is 247 Å². The van der Waals surface area contributed by atoms with E-state index in [0.717, 1.165) is 30.6 Å². The van der Waals surface area contributed by atoms with Crippen molar-refractivity contribution in [1.29, 1.82) is 0 Å². The predicted octanol–water partition coefficient (Wildman–Crippen LogP) is 5.88. The van der Waals surface area contributed by atoms with Gasteiger partial charge in [-0.2, -0.15) is 0 Å². The van der Waals surface area contributed by atoms with Crippen molar-refractivity contribution < 1.29 is 28.7 Å². The van der Waals surface area contributed by atoms with E-state index in [9.17, 15) is 19.7 Å². The number of benzene rings is 2. The number of amides is 2. The number of nitrogens with one attached hydrogen (secondary N) is 2. The van der Waals surface area contributed by atoms with Crippen molar-refractivity contribution in [2.75, 3.05) is 25.0 Å². The monoisotopic (exact) mass is 582 g/mol. The first kappa shape index (κ1) is 31.1. The zero-order chi connectivity index (χ0) is 30.3. The lowest BCUT2D eigenvalue weighted by atomic mass is 10.00. The number of likely N-dealkylation sites (tertiary alicyclic amines) is 1. The number of para-hydroxylation sites is 1. The summed E-state index contributed by atoms with van der Waals surface area (Å²) < 4.78 is 17.6. The van der Waals surface area contributed by atoms with Crippen LogP contribution in [0.15, 0.2) is 42.5 Å². The number of unbranched alkanes of at least 4 members (excludes halogenated alkanes) is 1. The molecule has 0 radical (unpaired) electrons. The molecule has 228 valence electrons. The number of rotatable bonds is 10. The van der Waals surface area contributed by atoms with Crippen molar-refractivity contribution in [3.8, 4) is 5.75 Å². The largest absolute Gasteiger partial charge is 0.464 e. The normalized spacial score (nSPS) is 17.9. The minimum atomic E-state index is -0.567. The van der Waals surface area contributed by atoms with E-state index in [2.05, 4.69) is 17.6 Å². The Morgan fingerprint density at radius 2 is 1.90 bits per heavy atom. The van der Waals surface area contributed by atoms with E-state index in [1.165, 1.54) is 12.1 Å². The van der Waals surface area contributed by atoms with Crippen LogP contribution in [0.4, 0.5) is 16.2 Å². The topological polar surface area (TPSA) is 132 Å². The number of anilines is 1. The molecule has 2 aliphatic rings. The molecule has 42 heavy (non-hydrogen) atoms. The zero-order valence-corrected chi connectivity index (χ0v) is 24.9. The fourth-order valence-electron chi connectivity index (χ4n) is 5.13. The van der Waals surface area contributed by atoms with Gasteiger partial charge in [0.2, 0.25) is 6.29 Å². The highest BCUT2D eigenvalue weighted by atomic mass is 16.7. The van der Waals surface area contributed by atoms with Gasteiger partial charge in [-0.15, -0.1) is 0 Å². The van der Waals surface area contributed by atoms with Gasteiger partial charge in [0.1, 0.15) is 11.4 Å². The summed E-state index contributed by atoms with van der Waals surface area (Å²) in [6, 6.07) is 12.0. The first-order valence-corrected chi connectivity index (χ1v) is 14.7. The van der Waals surface area contributed by atoms with Crippen LogP contribution < -0.4 is 15.4 Å². The van der Waals surface area contributed by atoms with Gasteiger partial charge in [0.15, 0.2) is 0 Å². The number of hydrogen-bond acceptors (Lipinski definition) is 8. The maximum absolute atomic E-state index is 13.5. The van der Waals surface area contributed by atoms with E-state index in [4.69, 9.17) is 14.2 Å². The highest BCUT2D eigenvalue weighted by Crippen LogP contribution is 2.30. The van der Waals surface area contributed by atoms with Crippen molar-refractivity contribution in [1.82, 2.24) is 10.2 Å². The van der Waals surface area contributed by atoms with E-state index in [0.29, 0.717) is 44.8 Å². The van der Waals surface area contributed by atoms with Gasteiger partial charge in [-0.05, 0) is 52.2 Å². The van der Waals surface area contributed by atoms with Gasteiger partial charge in [-0.3, -0.25) is 14.9 Å². The van der Waals surface area contributed by atoms with Gasteiger partial charge in [-0.1, -0.05) is 38.0 Å². The molecule has 2 aromatic carbocycles. The number of hydrogen-bond donors (Lipinski definition) is 2. The van der Waals surface area contributed by atoms with Gasteiger partial charge in [0.05, 0.1) is 17.1 Å². The average molecular weight is 583 g/mol. The van der Waals surface area contributed by atoms with E-state index in [-0.39, 0.29) is 29.3 Å². The minimum Gasteiger partial charge on any atom is -0.464 e. The maximum atomic E-state index is 13.5. The molecule has 0 bridgehead atoms. The van der Waals surface area contributed by atoms with Crippen LogP contribution in [0.25, 0.3) is 0 Å². The van der Waals surface area contributed by atoms with Crippen LogP contribution in [0.3, 0.4) is 0 Å². The Morgan fingerprint density at radius 1 is 1.17 bits per heavy atom. The molecule has 2 amide bonds. The lowest BCUT2D eigenvalue weighted by molar-refractivity contribution is -0.384. The zero-order valence-electron chi connectivity index (χ0n) is 24.9. The molecule has 0 spiro atoms. The van der Waals surface area contributed by atoms with Crippen molar-refractivity contribution in [3.63, 3.8) is 0 Å². The van der Waals surface area contributed by atoms with Crippen molar-refractivity contribution >= 4 is 23.4 Å². The highest BCUT2D eigenvalue weighted by molar-refractivity contribution is 6.00. The second-order valence-electron chi connectivity index (χ2n) is 11.9. The summed E-state index contributed by atoms with van der Waals surface area (Å²) in [7, 11) is 0. The lowest BCUT2D eigenvalue weighted by Gasteiger charge is -2.34. The first-order chi connectivity index (χ1) is 20.0. The molecule has 1 saturated heterocycles. The minimum absolute atomic E-state index is 0.0156. The van der Waals surface area contributed by atoms with Gasteiger partial charge in [-0.25, -0.2) is 4.79 Å². The Bertz CT molecular complexity index is 1250. The van der Waals surface area contributed by atoms with Crippen molar-refractivity contribution in [2.24, 2.45) is 5.92 Å². The third-order valence-corrected chi connectivity index (χ3v) is 7.42. The molecule has 2 atom stereocenters. The molecule has 0 aromatic heterocycles. The van der Waals surface area contributed by atoms with Crippen LogP contribution in [0.1, 0.15) is 75.7 Å². The van der Waals surface area contributed by atoms with Gasteiger partial charge < -0.3 is 29.7 Å². The van der Waals surface area contributed by atoms with Crippen LogP contribution >= 0.6 is 0 Å². The number of nitro benzene ring substituents is 1. The number of fused-ring (bicyclic) bond motifs is 1. The molecule has 0 aliphatic carbocycles. The highest BCUT2D eigenvalue weighted by Gasteiger charge is 2.30. The molecule has 1 fully saturated rings. The maximum Gasteiger partial charge on any atom is 0.410 e. The molecule has 11 heteroatoms. The van der Waals surface area contributed by atoms with E-state index < -0.39 is 22.7 Å². The lowest BCUT2D eigenvalue weighted by Crippen LogP contribution is -2.44. The smallest absolute Gasteiger partial charge is 0.410 e. The van der Waals surface area contributed by atoms with Crippen molar-refractivity contribution in [3.05, 3.63) is 63.7 Å². The number of nitro groups is 1. The molecular weight excluding hydrogens is 540 g/mol. The summed E-state index contributed by atoms with van der Waals surface area (Å²) in [6.45, 7) is 9.34. The number of ether oxygens (including phenoxy) is 3. The molecule has 2 heterocycles. The standard InChI is InChI=1S/C31H42N4O7/c1-5-6-9-21(29-40-20-22-10-7-8-11-27(22)41-29)19-32-28(36)25-18-24(35(38)39)12-13-26(25)33-23-14-16-34(17-15-23)30(37)42-31(2,3)4/h7-8,10-13,18,21,23,29,33H,5-6,9,14-17,19-20H2,1-4H3,(H,32,36). The third-order valence-electron chi connectivity index (χ3n) is 7.42. The second kappa shape index (κ2) is 13.9. The molecule has 0 saturated carbocycles. The van der Waals surface area contributed by atoms with E-state index in [1.54, 1.807) is 11.0 Å². The summed E-state index contributed by atoms with van der Waals surface area (Å²) in [5.41, 5.74) is 0.962. The summed E-state index contributed by atoms with van der Waals surface area (Å²) in [5, 5.41) is 17.9. The van der Waals surface area contributed by atoms with E-state index >= 15 is 0 Å². The third kappa shape index (κ3) is 8.34. The van der Waals surface area contributed by atoms with Crippen LogP contribution in [0.2, 0.25) is 0 Å². The van der Waals surface area contributed by atoms with E-state index in [1.807, 2.05) is 45.0 Å². The number of piperidine rings is 1. The number of nitrogens with zero attached hydrogens (tertiary/aromatic N) is 2. The molecule has 2 aliphatic heterocycles. The summed E-state index contributed by atoms with van der Waals surface area (Å²) in [4.78, 5) is 38.6. The Kier molecular flexibility index (Phi) is 10.3. The number of non-ortho nitro benzene ring substituents is 1. The second-order valence-corrected chi connectivity index (χ2v) is 11.9. The molecule has 2 unspecified atom stereocenters. The van der Waals surface area contributed by atoms with Gasteiger partial charge in [0.25, 0.3) is 11.6 Å². The van der Waals surface area contributed by atoms with Crippen LogP contribution in [0, 0.1) is 16.0 Å². The Morgan fingerprint density at radius 3 is 2.60 bits per heavy atom. The molecule has 11 nitrogen and oxygen atoms in total. The van der Waals surface area contributed by atoms with Crippen molar-refractivity contribution in [2.45, 2.75) is 84.3 Å². The molecule has 2 aromatic rings. The van der Waals surface area contributed by atoms with Crippen LogP contribution in [-0.2, 0) is 16.1 Å². The molecule has 2 N–H and O–H groups in total. The quantitative estimate of drug-likeness (QED) is 0.262. The fourth-order valence-corrected chi connectivity index (χ4v) is 5.13. The average Bonchev–Trinajstić information content (AvgIpc) is 2.96. The summed E-state index contributed by atoms with van der Waals surface area (Å²) in [6.07, 6.45) is 3.16. The predicted molar refractivity (Wildman–Crippen MR) is 159 cm³/mol. The van der Waals surface area contributed by atoms with Crippen LogP contribution in [-0.4, -0.2) is 59.4 Å². The van der Waals surface area contributed by atoms with Gasteiger partial charge in [0, 0.05) is 55.0 Å². The Hall–Kier alpha value is -3.86. The van der Waals surface area contributed by atoms with Crippen LogP contribution in [0.5, 0.6) is 5.75 Å². The first-order valence-electron chi connectivity index (χ1n) is 14.7. The fraction of sp³-hybridized carbons (Fsp3) is 0.548. The molecule has 4 rings (SSSR count). The number of carbonyl (C=O) groups excluding carboxylic acids is 2. The molecular formula is C31H42N4O7. The Balaban J connectivity index is 1.42. The summed E-state index contributed by atoms with van der Waals surface area (Å²) >= 11 is 0. The SMILES string of the molecule is CCCCC(CNC(=O)c1cc([N+](=O)[O-])ccc1NC1CCN(C(=O)OC(C)(C)C)CC1)C1OCc2ccccc2O1.